The lowest BCUT2D eigenvalue weighted by molar-refractivity contribution is 0.301. The van der Waals surface area contributed by atoms with Crippen molar-refractivity contribution >= 4 is 11.8 Å². The Balaban J connectivity index is 2.19. The van der Waals surface area contributed by atoms with Gasteiger partial charge in [0, 0.05) is 31.4 Å². The van der Waals surface area contributed by atoms with Gasteiger partial charge in [0.05, 0.1) is 0 Å². The van der Waals surface area contributed by atoms with E-state index in [1.165, 1.54) is 19.3 Å². The molecule has 1 aliphatic rings. The molecular formula is C15H26N4. The fraction of sp³-hybridized carbons (Fsp3) is 0.733. The summed E-state index contributed by atoms with van der Waals surface area (Å²) < 4.78 is 0. The highest BCUT2D eigenvalue weighted by Gasteiger charge is 2.35. The van der Waals surface area contributed by atoms with Crippen molar-refractivity contribution in [2.24, 2.45) is 5.41 Å². The summed E-state index contributed by atoms with van der Waals surface area (Å²) in [5, 5.41) is 3.21. The normalized spacial score (nSPS) is 17.8. The minimum absolute atomic E-state index is 0.483. The van der Waals surface area contributed by atoms with Crippen LogP contribution in [-0.2, 0) is 0 Å². The molecule has 106 valence electrons. The third kappa shape index (κ3) is 2.99. The molecule has 4 heteroatoms. The molecule has 1 N–H and O–H groups in total. The van der Waals surface area contributed by atoms with Crippen molar-refractivity contribution in [3.63, 3.8) is 0 Å². The number of nitrogens with one attached hydrogen (secondary N) is 1. The van der Waals surface area contributed by atoms with Gasteiger partial charge in [-0.2, -0.15) is 4.98 Å². The number of anilines is 2. The maximum atomic E-state index is 4.64. The summed E-state index contributed by atoms with van der Waals surface area (Å²) in [6, 6.07) is 2.10. The Bertz CT molecular complexity index is 426. The Kier molecular flexibility index (Phi) is 4.27. The molecule has 1 aliphatic heterocycles. The molecule has 0 aromatic carbocycles. The second-order valence-electron chi connectivity index (χ2n) is 5.60. The van der Waals surface area contributed by atoms with Crippen molar-refractivity contribution in [3.05, 3.63) is 11.8 Å². The van der Waals surface area contributed by atoms with Crippen LogP contribution in [0.5, 0.6) is 0 Å². The quantitative estimate of drug-likeness (QED) is 0.884. The maximum Gasteiger partial charge on any atom is 0.224 e. The number of nitrogens with zero attached hydrogens (tertiary/aromatic N) is 3. The molecule has 0 radical (unpaired) electrons. The first-order valence-electron chi connectivity index (χ1n) is 7.47. The molecule has 0 bridgehead atoms. The Hall–Kier alpha value is -1.32. The largest absolute Gasteiger partial charge is 0.356 e. The van der Waals surface area contributed by atoms with Crippen LogP contribution in [0.25, 0.3) is 0 Å². The minimum Gasteiger partial charge on any atom is -0.356 e. The van der Waals surface area contributed by atoms with Crippen LogP contribution in [0.2, 0.25) is 0 Å². The summed E-state index contributed by atoms with van der Waals surface area (Å²) >= 11 is 0. The Morgan fingerprint density at radius 2 is 2.00 bits per heavy atom. The molecule has 0 atom stereocenters. The Labute approximate surface area is 116 Å². The van der Waals surface area contributed by atoms with E-state index < -0.39 is 0 Å². The van der Waals surface area contributed by atoms with Crippen LogP contribution in [-0.4, -0.2) is 29.6 Å². The molecular weight excluding hydrogens is 236 g/mol. The molecule has 19 heavy (non-hydrogen) atoms. The van der Waals surface area contributed by atoms with E-state index in [0.29, 0.717) is 5.41 Å². The van der Waals surface area contributed by atoms with Gasteiger partial charge in [-0.3, -0.25) is 0 Å². The zero-order valence-corrected chi connectivity index (χ0v) is 12.7. The summed E-state index contributed by atoms with van der Waals surface area (Å²) in [6.07, 6.45) is 3.79. The van der Waals surface area contributed by atoms with E-state index in [4.69, 9.17) is 0 Å². The van der Waals surface area contributed by atoms with E-state index in [9.17, 15) is 0 Å². The molecule has 0 unspecified atom stereocenters. The highest BCUT2D eigenvalue weighted by molar-refractivity contribution is 5.46. The van der Waals surface area contributed by atoms with Gasteiger partial charge >= 0.3 is 0 Å². The smallest absolute Gasteiger partial charge is 0.224 e. The maximum absolute atomic E-state index is 4.64. The molecule has 0 amide bonds. The monoisotopic (exact) mass is 262 g/mol. The van der Waals surface area contributed by atoms with Crippen LogP contribution in [0.1, 0.15) is 45.7 Å². The van der Waals surface area contributed by atoms with Crippen LogP contribution < -0.4 is 10.2 Å². The van der Waals surface area contributed by atoms with Gasteiger partial charge in [0.1, 0.15) is 5.82 Å². The lowest BCUT2D eigenvalue weighted by atomic mass is 9.82. The first-order valence-corrected chi connectivity index (χ1v) is 7.47. The zero-order chi connectivity index (χ0) is 13.9. The standard InChI is InChI=1S/C15H26N4/c1-5-15(6-2)8-9-19(11-15)13-10-12(4)17-14(18-13)16-7-3/h10H,5-9,11H2,1-4H3,(H,16,17,18). The van der Waals surface area contributed by atoms with Gasteiger partial charge in [-0.05, 0) is 38.5 Å². The van der Waals surface area contributed by atoms with E-state index >= 15 is 0 Å². The molecule has 1 fully saturated rings. The van der Waals surface area contributed by atoms with Crippen LogP contribution in [0.4, 0.5) is 11.8 Å². The fourth-order valence-corrected chi connectivity index (χ4v) is 2.91. The zero-order valence-electron chi connectivity index (χ0n) is 12.7. The predicted octanol–water partition coefficient (Wildman–Crippen LogP) is 3.23. The Morgan fingerprint density at radius 1 is 1.26 bits per heavy atom. The summed E-state index contributed by atoms with van der Waals surface area (Å²) in [4.78, 5) is 11.5. The van der Waals surface area contributed by atoms with Crippen LogP contribution >= 0.6 is 0 Å². The lowest BCUT2D eigenvalue weighted by Gasteiger charge is -2.27. The SMILES string of the molecule is CCNc1nc(C)cc(N2CCC(CC)(CC)C2)n1. The third-order valence-corrected chi connectivity index (χ3v) is 4.44. The lowest BCUT2D eigenvalue weighted by Crippen LogP contribution is -2.27. The van der Waals surface area contributed by atoms with Gasteiger partial charge in [-0.15, -0.1) is 0 Å². The van der Waals surface area contributed by atoms with Gasteiger partial charge < -0.3 is 10.2 Å². The molecule has 1 aromatic rings. The van der Waals surface area contributed by atoms with Crippen molar-refractivity contribution < 1.29 is 0 Å². The molecule has 4 nitrogen and oxygen atoms in total. The summed E-state index contributed by atoms with van der Waals surface area (Å²) in [6.45, 7) is 11.8. The van der Waals surface area contributed by atoms with E-state index in [1.807, 2.05) is 6.92 Å². The summed E-state index contributed by atoms with van der Waals surface area (Å²) in [5.74, 6) is 1.83. The van der Waals surface area contributed by atoms with Gasteiger partial charge in [-0.1, -0.05) is 13.8 Å². The molecule has 0 saturated carbocycles. The first-order chi connectivity index (χ1) is 9.12. The first kappa shape index (κ1) is 14.1. The second kappa shape index (κ2) is 5.76. The number of aromatic nitrogens is 2. The average Bonchev–Trinajstić information content (AvgIpc) is 2.84. The second-order valence-corrected chi connectivity index (χ2v) is 5.60. The van der Waals surface area contributed by atoms with Crippen LogP contribution in [0.15, 0.2) is 6.07 Å². The van der Waals surface area contributed by atoms with Gasteiger partial charge in [0.2, 0.25) is 5.95 Å². The van der Waals surface area contributed by atoms with Crippen LogP contribution in [0, 0.1) is 12.3 Å². The highest BCUT2D eigenvalue weighted by Crippen LogP contribution is 2.38. The van der Waals surface area contributed by atoms with Crippen molar-refractivity contribution in [3.8, 4) is 0 Å². The molecule has 1 saturated heterocycles. The van der Waals surface area contributed by atoms with Crippen LogP contribution in [0.3, 0.4) is 0 Å². The highest BCUT2D eigenvalue weighted by atomic mass is 15.2. The fourth-order valence-electron chi connectivity index (χ4n) is 2.91. The van der Waals surface area contributed by atoms with E-state index in [2.05, 4.69) is 47.0 Å². The van der Waals surface area contributed by atoms with Crippen molar-refractivity contribution in [2.75, 3.05) is 29.9 Å². The van der Waals surface area contributed by atoms with Gasteiger partial charge in [0.25, 0.3) is 0 Å². The molecule has 0 aliphatic carbocycles. The van der Waals surface area contributed by atoms with E-state index in [0.717, 1.165) is 37.1 Å². The number of hydrogen-bond donors (Lipinski definition) is 1. The van der Waals surface area contributed by atoms with Crippen molar-refractivity contribution in [1.82, 2.24) is 9.97 Å². The molecule has 2 rings (SSSR count). The number of hydrogen-bond acceptors (Lipinski definition) is 4. The number of aryl methyl sites for hydroxylation is 1. The number of rotatable bonds is 5. The van der Waals surface area contributed by atoms with E-state index in [1.54, 1.807) is 0 Å². The third-order valence-electron chi connectivity index (χ3n) is 4.44. The molecule has 1 aromatic heterocycles. The molecule has 2 heterocycles. The Morgan fingerprint density at radius 3 is 2.58 bits per heavy atom. The van der Waals surface area contributed by atoms with Gasteiger partial charge in [0.15, 0.2) is 0 Å². The van der Waals surface area contributed by atoms with Crippen molar-refractivity contribution in [1.29, 1.82) is 0 Å². The van der Waals surface area contributed by atoms with E-state index in [-0.39, 0.29) is 0 Å². The summed E-state index contributed by atoms with van der Waals surface area (Å²) in [5.41, 5.74) is 1.52. The predicted molar refractivity (Wildman–Crippen MR) is 80.8 cm³/mol. The van der Waals surface area contributed by atoms with Crippen molar-refractivity contribution in [2.45, 2.75) is 47.0 Å². The summed E-state index contributed by atoms with van der Waals surface area (Å²) in [7, 11) is 0. The topological polar surface area (TPSA) is 41.1 Å². The van der Waals surface area contributed by atoms with Gasteiger partial charge in [-0.25, -0.2) is 4.98 Å². The molecule has 0 spiro atoms. The average molecular weight is 262 g/mol. The minimum atomic E-state index is 0.483.